The number of aromatic nitrogens is 1. The molecule has 27 heavy (non-hydrogen) atoms. The molecule has 0 unspecified atom stereocenters. The summed E-state index contributed by atoms with van der Waals surface area (Å²) in [6, 6.07) is 12.7. The molecule has 1 fully saturated rings. The van der Waals surface area contributed by atoms with Crippen LogP contribution in [-0.2, 0) is 4.79 Å². The van der Waals surface area contributed by atoms with Crippen molar-refractivity contribution in [3.05, 3.63) is 53.2 Å². The lowest BCUT2D eigenvalue weighted by molar-refractivity contribution is -0.117. The lowest BCUT2D eigenvalue weighted by atomic mass is 10.2. The highest BCUT2D eigenvalue weighted by Gasteiger charge is 2.25. The molecule has 0 atom stereocenters. The normalized spacial score (nSPS) is 14.0. The van der Waals surface area contributed by atoms with E-state index in [1.54, 1.807) is 30.2 Å². The van der Waals surface area contributed by atoms with Crippen LogP contribution in [0.25, 0.3) is 10.9 Å². The summed E-state index contributed by atoms with van der Waals surface area (Å²) in [5.74, 6) is 0.294. The van der Waals surface area contributed by atoms with Gasteiger partial charge in [-0.25, -0.2) is 0 Å². The van der Waals surface area contributed by atoms with E-state index in [4.69, 9.17) is 16.3 Å². The van der Waals surface area contributed by atoms with Crippen molar-refractivity contribution >= 4 is 45.7 Å². The van der Waals surface area contributed by atoms with Crippen LogP contribution < -0.4 is 15.0 Å². The smallest absolute Gasteiger partial charge is 0.273 e. The van der Waals surface area contributed by atoms with Crippen molar-refractivity contribution in [3.63, 3.8) is 0 Å². The fraction of sp³-hybridized carbons (Fsp3) is 0.200. The molecule has 2 aromatic carbocycles. The predicted octanol–water partition coefficient (Wildman–Crippen LogP) is 4.21. The van der Waals surface area contributed by atoms with Crippen molar-refractivity contribution in [1.29, 1.82) is 0 Å². The Morgan fingerprint density at radius 2 is 2.07 bits per heavy atom. The molecular weight excluding hydrogens is 366 g/mol. The first-order valence-corrected chi connectivity index (χ1v) is 9.02. The maximum absolute atomic E-state index is 12.7. The van der Waals surface area contributed by atoms with Gasteiger partial charge in [-0.05, 0) is 30.7 Å². The number of fused-ring (bicyclic) bond motifs is 1. The zero-order valence-electron chi connectivity index (χ0n) is 14.7. The molecule has 0 aliphatic carbocycles. The first-order valence-electron chi connectivity index (χ1n) is 8.64. The molecular formula is C20H18ClN3O3. The summed E-state index contributed by atoms with van der Waals surface area (Å²) in [5.41, 5.74) is 2.31. The van der Waals surface area contributed by atoms with Gasteiger partial charge >= 0.3 is 0 Å². The zero-order chi connectivity index (χ0) is 19.0. The number of methoxy groups -OCH3 is 1. The quantitative estimate of drug-likeness (QED) is 0.708. The minimum absolute atomic E-state index is 0.0513. The average Bonchev–Trinajstić information content (AvgIpc) is 3.25. The molecule has 138 valence electrons. The molecule has 0 saturated carbocycles. The predicted molar refractivity (Wildman–Crippen MR) is 106 cm³/mol. The van der Waals surface area contributed by atoms with Crippen molar-refractivity contribution in [3.8, 4) is 5.75 Å². The molecule has 1 aliphatic rings. The van der Waals surface area contributed by atoms with Gasteiger partial charge in [0, 0.05) is 29.6 Å². The van der Waals surface area contributed by atoms with Gasteiger partial charge in [-0.3, -0.25) is 9.59 Å². The van der Waals surface area contributed by atoms with Gasteiger partial charge in [0.15, 0.2) is 0 Å². The number of nitrogens with one attached hydrogen (secondary N) is 2. The fourth-order valence-electron chi connectivity index (χ4n) is 3.34. The average molecular weight is 384 g/mol. The number of carbonyl (C=O) groups excluding carboxylic acids is 2. The first kappa shape index (κ1) is 17.4. The summed E-state index contributed by atoms with van der Waals surface area (Å²) in [6.45, 7) is 0.639. The molecule has 1 aliphatic heterocycles. The largest absolute Gasteiger partial charge is 0.495 e. The van der Waals surface area contributed by atoms with Crippen molar-refractivity contribution < 1.29 is 14.3 Å². The van der Waals surface area contributed by atoms with Crippen LogP contribution in [0.1, 0.15) is 23.3 Å². The number of amides is 2. The Balaban J connectivity index is 1.64. The first-order chi connectivity index (χ1) is 13.1. The summed E-state index contributed by atoms with van der Waals surface area (Å²) >= 11 is 6.35. The number of para-hydroxylation sites is 1. The number of H-pyrrole nitrogens is 1. The Morgan fingerprint density at radius 1 is 1.26 bits per heavy atom. The number of hydrogen-bond donors (Lipinski definition) is 2. The summed E-state index contributed by atoms with van der Waals surface area (Å²) in [6.07, 6.45) is 1.33. The standard InChI is InChI=1S/C20H18ClN3O3/c1-27-16-9-8-12(11-15(16)24-10-4-7-17(24)25)22-20(26)19-18(21)13-5-2-3-6-14(13)23-19/h2-3,5-6,8-9,11,23H,4,7,10H2,1H3,(H,22,26). The van der Waals surface area contributed by atoms with Crippen LogP contribution >= 0.6 is 11.6 Å². The number of aromatic amines is 1. The number of rotatable bonds is 4. The monoisotopic (exact) mass is 383 g/mol. The van der Waals surface area contributed by atoms with E-state index in [1.807, 2.05) is 24.3 Å². The second-order valence-electron chi connectivity index (χ2n) is 6.35. The molecule has 0 radical (unpaired) electrons. The molecule has 1 aromatic heterocycles. The molecule has 2 heterocycles. The van der Waals surface area contributed by atoms with Gasteiger partial charge in [0.25, 0.3) is 5.91 Å². The Kier molecular flexibility index (Phi) is 4.49. The highest BCUT2D eigenvalue weighted by atomic mass is 35.5. The third-order valence-corrected chi connectivity index (χ3v) is 5.06. The molecule has 1 saturated heterocycles. The van der Waals surface area contributed by atoms with Gasteiger partial charge < -0.3 is 19.9 Å². The SMILES string of the molecule is COc1ccc(NC(=O)c2[nH]c3ccccc3c2Cl)cc1N1CCCC1=O. The molecule has 0 bridgehead atoms. The number of nitrogens with zero attached hydrogens (tertiary/aromatic N) is 1. The third-order valence-electron chi connectivity index (χ3n) is 4.67. The Labute approximate surface area is 161 Å². The van der Waals surface area contributed by atoms with Gasteiger partial charge in [-0.1, -0.05) is 29.8 Å². The second kappa shape index (κ2) is 6.96. The van der Waals surface area contributed by atoms with Gasteiger partial charge in [0.05, 0.1) is 17.8 Å². The maximum Gasteiger partial charge on any atom is 0.273 e. The molecule has 7 heteroatoms. The number of anilines is 2. The van der Waals surface area contributed by atoms with Crippen LogP contribution in [0.3, 0.4) is 0 Å². The van der Waals surface area contributed by atoms with Crippen LogP contribution in [0.5, 0.6) is 5.75 Å². The third kappa shape index (κ3) is 3.13. The molecule has 4 rings (SSSR count). The number of hydrogen-bond acceptors (Lipinski definition) is 3. The lowest BCUT2D eigenvalue weighted by Crippen LogP contribution is -2.24. The van der Waals surface area contributed by atoms with Crippen LogP contribution in [0.4, 0.5) is 11.4 Å². The molecule has 0 spiro atoms. The van der Waals surface area contributed by atoms with E-state index >= 15 is 0 Å². The highest BCUT2D eigenvalue weighted by Crippen LogP contribution is 2.34. The number of halogens is 1. The Morgan fingerprint density at radius 3 is 2.78 bits per heavy atom. The highest BCUT2D eigenvalue weighted by molar-refractivity contribution is 6.39. The van der Waals surface area contributed by atoms with Gasteiger partial charge in [-0.2, -0.15) is 0 Å². The summed E-state index contributed by atoms with van der Waals surface area (Å²) < 4.78 is 5.38. The van der Waals surface area contributed by atoms with E-state index in [0.717, 1.165) is 17.3 Å². The van der Waals surface area contributed by atoms with Crippen molar-refractivity contribution in [2.24, 2.45) is 0 Å². The van der Waals surface area contributed by atoms with Crippen molar-refractivity contribution in [2.45, 2.75) is 12.8 Å². The minimum atomic E-state index is -0.347. The van der Waals surface area contributed by atoms with E-state index < -0.39 is 0 Å². The minimum Gasteiger partial charge on any atom is -0.495 e. The number of ether oxygens (including phenoxy) is 1. The van der Waals surface area contributed by atoms with Crippen LogP contribution in [0.2, 0.25) is 5.02 Å². The second-order valence-corrected chi connectivity index (χ2v) is 6.73. The number of benzene rings is 2. The van der Waals surface area contributed by atoms with Crippen molar-refractivity contribution in [2.75, 3.05) is 23.9 Å². The van der Waals surface area contributed by atoms with E-state index in [9.17, 15) is 9.59 Å². The van der Waals surface area contributed by atoms with Gasteiger partial charge in [0.1, 0.15) is 11.4 Å². The van der Waals surface area contributed by atoms with E-state index in [2.05, 4.69) is 10.3 Å². The van der Waals surface area contributed by atoms with Gasteiger partial charge in [-0.15, -0.1) is 0 Å². The topological polar surface area (TPSA) is 74.4 Å². The number of carbonyl (C=O) groups is 2. The van der Waals surface area contributed by atoms with E-state index in [-0.39, 0.29) is 11.8 Å². The summed E-state index contributed by atoms with van der Waals surface area (Å²) in [4.78, 5) is 29.6. The van der Waals surface area contributed by atoms with E-state index in [1.165, 1.54) is 0 Å². The molecule has 2 N–H and O–H groups in total. The Hall–Kier alpha value is -2.99. The van der Waals surface area contributed by atoms with Crippen LogP contribution in [0.15, 0.2) is 42.5 Å². The van der Waals surface area contributed by atoms with Gasteiger partial charge in [0.2, 0.25) is 5.91 Å². The van der Waals surface area contributed by atoms with E-state index in [0.29, 0.717) is 40.8 Å². The lowest BCUT2D eigenvalue weighted by Gasteiger charge is -2.20. The molecule has 3 aromatic rings. The van der Waals surface area contributed by atoms with Crippen molar-refractivity contribution in [1.82, 2.24) is 4.98 Å². The fourth-order valence-corrected chi connectivity index (χ4v) is 3.64. The molecule has 2 amide bonds. The Bertz CT molecular complexity index is 1040. The molecule has 6 nitrogen and oxygen atoms in total. The summed E-state index contributed by atoms with van der Waals surface area (Å²) in [7, 11) is 1.56. The summed E-state index contributed by atoms with van der Waals surface area (Å²) in [5, 5.41) is 4.02. The zero-order valence-corrected chi connectivity index (χ0v) is 15.5. The van der Waals surface area contributed by atoms with Crippen LogP contribution in [-0.4, -0.2) is 30.5 Å². The van der Waals surface area contributed by atoms with Crippen LogP contribution in [0, 0.1) is 0 Å². The maximum atomic E-state index is 12.7.